The van der Waals surface area contributed by atoms with Gasteiger partial charge in [0, 0.05) is 0 Å². The summed E-state index contributed by atoms with van der Waals surface area (Å²) in [4.78, 5) is 3.40. The zero-order valence-corrected chi connectivity index (χ0v) is 5.89. The van der Waals surface area contributed by atoms with Crippen LogP contribution in [0.25, 0.3) is 0 Å². The molecule has 0 bridgehead atoms. The third kappa shape index (κ3) is 1.75. The standard InChI is InChI=1S/C7H9N3/c1-5(2)6(4-8)7(9)10-3/h1,3,9H2,2H3/b7-6-. The summed E-state index contributed by atoms with van der Waals surface area (Å²) in [6, 6.07) is 1.87. The fourth-order valence-electron chi connectivity index (χ4n) is 0.450. The molecule has 0 aliphatic rings. The van der Waals surface area contributed by atoms with Crippen LogP contribution in [0.15, 0.2) is 28.5 Å². The molecule has 0 fully saturated rings. The molecule has 0 unspecified atom stereocenters. The van der Waals surface area contributed by atoms with Crippen LogP contribution in [0.5, 0.6) is 0 Å². The minimum atomic E-state index is 0.134. The van der Waals surface area contributed by atoms with Crippen molar-refractivity contribution in [3.8, 4) is 6.07 Å². The second kappa shape index (κ2) is 3.46. The van der Waals surface area contributed by atoms with Crippen molar-refractivity contribution < 1.29 is 0 Å². The molecule has 3 heteroatoms. The van der Waals surface area contributed by atoms with Gasteiger partial charge in [-0.05, 0) is 19.2 Å². The van der Waals surface area contributed by atoms with Crippen molar-refractivity contribution >= 4 is 6.72 Å². The molecule has 0 aromatic carbocycles. The highest BCUT2D eigenvalue weighted by Crippen LogP contribution is 2.07. The van der Waals surface area contributed by atoms with Crippen molar-refractivity contribution in [2.45, 2.75) is 6.92 Å². The summed E-state index contributed by atoms with van der Waals surface area (Å²) in [5, 5.41) is 8.46. The van der Waals surface area contributed by atoms with Crippen LogP contribution in [-0.4, -0.2) is 6.72 Å². The van der Waals surface area contributed by atoms with Crippen LogP contribution >= 0.6 is 0 Å². The number of allylic oxidation sites excluding steroid dienone is 2. The molecule has 0 amide bonds. The lowest BCUT2D eigenvalue weighted by atomic mass is 10.1. The van der Waals surface area contributed by atoms with E-state index in [0.717, 1.165) is 0 Å². The van der Waals surface area contributed by atoms with Gasteiger partial charge in [-0.3, -0.25) is 0 Å². The second-order valence-corrected chi connectivity index (χ2v) is 1.81. The molecule has 3 nitrogen and oxygen atoms in total. The third-order valence-electron chi connectivity index (χ3n) is 0.965. The molecular weight excluding hydrogens is 126 g/mol. The SMILES string of the molecule is C=N/C(N)=C(/C#N)C(=C)C. The molecule has 0 aromatic rings. The monoisotopic (exact) mass is 135 g/mol. The molecule has 0 spiro atoms. The Kier molecular flexibility index (Phi) is 2.92. The van der Waals surface area contributed by atoms with Gasteiger partial charge in [-0.2, -0.15) is 5.26 Å². The Morgan fingerprint density at radius 2 is 2.20 bits per heavy atom. The summed E-state index contributed by atoms with van der Waals surface area (Å²) >= 11 is 0. The van der Waals surface area contributed by atoms with Gasteiger partial charge in [0.2, 0.25) is 0 Å². The normalized spacial score (nSPS) is 11.2. The number of rotatable bonds is 2. The van der Waals surface area contributed by atoms with Crippen LogP contribution in [0.1, 0.15) is 6.92 Å². The average molecular weight is 135 g/mol. The maximum absolute atomic E-state index is 8.46. The largest absolute Gasteiger partial charge is 0.383 e. The molecule has 0 aromatic heterocycles. The fraction of sp³-hybridized carbons (Fsp3) is 0.143. The molecule has 0 rings (SSSR count). The predicted molar refractivity (Wildman–Crippen MR) is 41.2 cm³/mol. The van der Waals surface area contributed by atoms with Crippen LogP contribution in [0.3, 0.4) is 0 Å². The van der Waals surface area contributed by atoms with Crippen molar-refractivity contribution in [2.24, 2.45) is 10.7 Å². The molecule has 0 saturated heterocycles. The van der Waals surface area contributed by atoms with Crippen LogP contribution < -0.4 is 5.73 Å². The number of nitrogens with zero attached hydrogens (tertiary/aromatic N) is 2. The topological polar surface area (TPSA) is 62.2 Å². The average Bonchev–Trinajstić information content (AvgIpc) is 1.88. The lowest BCUT2D eigenvalue weighted by molar-refractivity contribution is 1.20. The van der Waals surface area contributed by atoms with Crippen molar-refractivity contribution in [2.75, 3.05) is 0 Å². The first-order chi connectivity index (χ1) is 4.63. The van der Waals surface area contributed by atoms with Gasteiger partial charge in [-0.15, -0.1) is 0 Å². The quantitative estimate of drug-likeness (QED) is 0.348. The van der Waals surface area contributed by atoms with Gasteiger partial charge < -0.3 is 5.73 Å². The number of hydrogen-bond donors (Lipinski definition) is 1. The van der Waals surface area contributed by atoms with Crippen LogP contribution in [0, 0.1) is 11.3 Å². The predicted octanol–water partition coefficient (Wildman–Crippen LogP) is 0.957. The Morgan fingerprint density at radius 1 is 1.70 bits per heavy atom. The summed E-state index contributed by atoms with van der Waals surface area (Å²) in [7, 11) is 0. The Hall–Kier alpha value is -1.56. The molecule has 0 aliphatic carbocycles. The van der Waals surface area contributed by atoms with Crippen LogP contribution in [-0.2, 0) is 0 Å². The zero-order chi connectivity index (χ0) is 8.15. The Bertz CT molecular complexity index is 230. The minimum absolute atomic E-state index is 0.134. The van der Waals surface area contributed by atoms with Crippen LogP contribution in [0.2, 0.25) is 0 Å². The van der Waals surface area contributed by atoms with E-state index in [2.05, 4.69) is 18.3 Å². The molecule has 52 valence electrons. The summed E-state index contributed by atoms with van der Waals surface area (Å²) in [5.41, 5.74) is 6.20. The molecule has 0 atom stereocenters. The molecule has 0 radical (unpaired) electrons. The van der Waals surface area contributed by atoms with E-state index in [0.29, 0.717) is 11.1 Å². The molecule has 2 N–H and O–H groups in total. The van der Waals surface area contributed by atoms with Gasteiger partial charge in [0.1, 0.15) is 11.9 Å². The Balaban J connectivity index is 4.86. The number of nitrogens with two attached hydrogens (primary N) is 1. The van der Waals surface area contributed by atoms with Gasteiger partial charge in [0.25, 0.3) is 0 Å². The number of aliphatic imine (C=N–C) groups is 1. The van der Waals surface area contributed by atoms with Crippen molar-refractivity contribution in [1.82, 2.24) is 0 Å². The number of hydrogen-bond acceptors (Lipinski definition) is 3. The van der Waals surface area contributed by atoms with Crippen molar-refractivity contribution in [3.63, 3.8) is 0 Å². The molecule has 10 heavy (non-hydrogen) atoms. The minimum Gasteiger partial charge on any atom is -0.383 e. The van der Waals surface area contributed by atoms with E-state index >= 15 is 0 Å². The Labute approximate surface area is 60.2 Å². The highest BCUT2D eigenvalue weighted by Gasteiger charge is 1.99. The molecule has 0 aliphatic heterocycles. The van der Waals surface area contributed by atoms with E-state index in [4.69, 9.17) is 11.0 Å². The number of nitriles is 1. The molecule has 0 heterocycles. The fourth-order valence-corrected chi connectivity index (χ4v) is 0.450. The zero-order valence-electron chi connectivity index (χ0n) is 5.89. The van der Waals surface area contributed by atoms with E-state index in [1.165, 1.54) is 0 Å². The van der Waals surface area contributed by atoms with E-state index in [1.807, 2.05) is 6.07 Å². The highest BCUT2D eigenvalue weighted by molar-refractivity contribution is 5.44. The Morgan fingerprint density at radius 3 is 2.30 bits per heavy atom. The molecular formula is C7H9N3. The summed E-state index contributed by atoms with van der Waals surface area (Å²) in [6.45, 7) is 8.43. The van der Waals surface area contributed by atoms with E-state index in [1.54, 1.807) is 6.92 Å². The summed E-state index contributed by atoms with van der Waals surface area (Å²) in [6.07, 6.45) is 0. The van der Waals surface area contributed by atoms with Crippen LogP contribution in [0.4, 0.5) is 0 Å². The highest BCUT2D eigenvalue weighted by atomic mass is 14.9. The van der Waals surface area contributed by atoms with Gasteiger partial charge in [0.05, 0.1) is 5.57 Å². The van der Waals surface area contributed by atoms with Crippen molar-refractivity contribution in [3.05, 3.63) is 23.5 Å². The van der Waals surface area contributed by atoms with Gasteiger partial charge in [-0.25, -0.2) is 4.99 Å². The first-order valence-corrected chi connectivity index (χ1v) is 2.66. The summed E-state index contributed by atoms with van der Waals surface area (Å²) in [5.74, 6) is 0.134. The smallest absolute Gasteiger partial charge is 0.140 e. The van der Waals surface area contributed by atoms with E-state index < -0.39 is 0 Å². The van der Waals surface area contributed by atoms with E-state index in [-0.39, 0.29) is 5.82 Å². The summed E-state index contributed by atoms with van der Waals surface area (Å²) < 4.78 is 0. The van der Waals surface area contributed by atoms with Gasteiger partial charge >= 0.3 is 0 Å². The lowest BCUT2D eigenvalue weighted by Gasteiger charge is -1.96. The lowest BCUT2D eigenvalue weighted by Crippen LogP contribution is -1.98. The van der Waals surface area contributed by atoms with Gasteiger partial charge in [0.15, 0.2) is 0 Å². The first kappa shape index (κ1) is 8.44. The van der Waals surface area contributed by atoms with Crippen molar-refractivity contribution in [1.29, 1.82) is 5.26 Å². The van der Waals surface area contributed by atoms with Gasteiger partial charge in [-0.1, -0.05) is 6.58 Å². The maximum Gasteiger partial charge on any atom is 0.140 e. The maximum atomic E-state index is 8.46. The third-order valence-corrected chi connectivity index (χ3v) is 0.965. The molecule has 0 saturated carbocycles. The second-order valence-electron chi connectivity index (χ2n) is 1.81. The first-order valence-electron chi connectivity index (χ1n) is 2.66. The van der Waals surface area contributed by atoms with E-state index in [9.17, 15) is 0 Å².